The first-order valence-electron chi connectivity index (χ1n) is 21.6. The van der Waals surface area contributed by atoms with E-state index in [0.29, 0.717) is 46.3 Å². The molecule has 0 saturated carbocycles. The molecule has 8 rings (SSSR count). The highest BCUT2D eigenvalue weighted by atomic mass is 19.1. The van der Waals surface area contributed by atoms with Gasteiger partial charge in [-0.05, 0) is 96.2 Å². The molecule has 22 heteroatoms. The van der Waals surface area contributed by atoms with Gasteiger partial charge in [0.2, 0.25) is 11.9 Å². The molecular weight excluding hydrogens is 889 g/mol. The lowest BCUT2D eigenvalue weighted by Crippen LogP contribution is -2.22. The predicted molar refractivity (Wildman–Crippen MR) is 255 cm³/mol. The number of rotatable bonds is 12. The molecule has 0 amide bonds. The molecule has 6 aromatic heterocycles. The van der Waals surface area contributed by atoms with Gasteiger partial charge in [0.05, 0.1) is 69.5 Å². The number of carboxylic acids is 1. The second kappa shape index (κ2) is 21.2. The lowest BCUT2D eigenvalue weighted by atomic mass is 9.98. The fourth-order valence-corrected chi connectivity index (χ4v) is 6.52. The van der Waals surface area contributed by atoms with Gasteiger partial charge in [0.1, 0.15) is 24.3 Å². The molecule has 69 heavy (non-hydrogen) atoms. The summed E-state index contributed by atoms with van der Waals surface area (Å²) in [5.41, 5.74) is 10.6. The van der Waals surface area contributed by atoms with E-state index in [1.54, 1.807) is 102 Å². The number of nitrogens with two attached hydrogens (primary N) is 1. The van der Waals surface area contributed by atoms with E-state index in [-0.39, 0.29) is 58.4 Å². The van der Waals surface area contributed by atoms with Crippen LogP contribution in [0.2, 0.25) is 0 Å². The number of Topliss-reactive ketones (excluding diaryl/α,β-unsaturated/α-hetero) is 1. The Morgan fingerprint density at radius 1 is 0.638 bits per heavy atom. The van der Waals surface area contributed by atoms with Crippen LogP contribution in [0.5, 0.6) is 0 Å². The van der Waals surface area contributed by atoms with Crippen molar-refractivity contribution in [2.45, 2.75) is 85.9 Å². The molecule has 0 fully saturated rings. The van der Waals surface area contributed by atoms with Crippen LogP contribution in [-0.2, 0) is 38.1 Å². The first-order valence-corrected chi connectivity index (χ1v) is 21.6. The van der Waals surface area contributed by atoms with Crippen LogP contribution in [-0.4, -0.2) is 85.9 Å². The number of benzene rings is 2. The van der Waals surface area contributed by atoms with Crippen LogP contribution in [0.4, 0.5) is 32.1 Å². The van der Waals surface area contributed by atoms with Gasteiger partial charge in [-0.3, -0.25) is 23.5 Å². The zero-order valence-corrected chi connectivity index (χ0v) is 40.1. The van der Waals surface area contributed by atoms with Crippen molar-refractivity contribution in [3.63, 3.8) is 0 Å². The van der Waals surface area contributed by atoms with Crippen LogP contribution in [0.15, 0.2) is 86.5 Å². The average molecular weight is 944 g/mol. The number of nitrogens with zero attached hydrogens (tertiary/aromatic N) is 14. The van der Waals surface area contributed by atoms with Gasteiger partial charge in [-0.1, -0.05) is 12.1 Å². The fraction of sp³-hybridized carbons (Fsp3) is 0.319. The molecule has 6 heterocycles. The van der Waals surface area contributed by atoms with E-state index in [9.17, 15) is 14.0 Å². The van der Waals surface area contributed by atoms with Crippen molar-refractivity contribution in [3.8, 4) is 22.8 Å². The SMILES string of the molecule is CC(C)(C)n1cc(C(=O)O)cn1.Cc1c(CCC(=O)c2cnn(C(C)(C)C)c2)ccc(-c2ncnc(Nc3cnn(C)c3)n2)c1F.Cc1c(CN)ccc(-c2ncnc(Nc3cnn(C)c3)n2)c1F. The molecule has 0 radical (unpaired) electrons. The molecule has 0 aliphatic rings. The number of hydrogen-bond donors (Lipinski definition) is 4. The van der Waals surface area contributed by atoms with E-state index in [2.05, 4.69) is 60.9 Å². The zero-order chi connectivity index (χ0) is 50.2. The van der Waals surface area contributed by atoms with Gasteiger partial charge in [-0.25, -0.2) is 33.5 Å². The van der Waals surface area contributed by atoms with E-state index < -0.39 is 11.8 Å². The third-order valence-electron chi connectivity index (χ3n) is 10.5. The van der Waals surface area contributed by atoms with Gasteiger partial charge >= 0.3 is 5.97 Å². The Bertz CT molecular complexity index is 3070. The number of aryl methyl sites for hydroxylation is 3. The highest BCUT2D eigenvalue weighted by Crippen LogP contribution is 2.28. The predicted octanol–water partition coefficient (Wildman–Crippen LogP) is 7.49. The average Bonchev–Trinajstić information content (AvgIpc) is 4.15. The van der Waals surface area contributed by atoms with Crippen LogP contribution in [0.3, 0.4) is 0 Å². The minimum atomic E-state index is -0.939. The molecule has 360 valence electrons. The topological polar surface area (TPSA) is 253 Å². The van der Waals surface area contributed by atoms with E-state index in [0.717, 1.165) is 16.8 Å². The number of aromatic nitrogens is 14. The first-order chi connectivity index (χ1) is 32.6. The Kier molecular flexibility index (Phi) is 15.5. The highest BCUT2D eigenvalue weighted by Gasteiger charge is 2.20. The summed E-state index contributed by atoms with van der Waals surface area (Å²) in [6.07, 6.45) is 16.4. The maximum absolute atomic E-state index is 15.3. The molecule has 0 unspecified atom stereocenters. The lowest BCUT2D eigenvalue weighted by molar-refractivity contribution is 0.0696. The van der Waals surface area contributed by atoms with Crippen molar-refractivity contribution in [3.05, 3.63) is 132 Å². The summed E-state index contributed by atoms with van der Waals surface area (Å²) in [5, 5.41) is 31.0. The second-order valence-corrected chi connectivity index (χ2v) is 17.9. The van der Waals surface area contributed by atoms with Crippen LogP contribution in [0.1, 0.15) is 90.9 Å². The molecule has 0 aliphatic carbocycles. The van der Waals surface area contributed by atoms with E-state index in [1.165, 1.54) is 25.0 Å². The Morgan fingerprint density at radius 2 is 1.09 bits per heavy atom. The van der Waals surface area contributed by atoms with Gasteiger partial charge in [-0.2, -0.15) is 30.4 Å². The highest BCUT2D eigenvalue weighted by molar-refractivity contribution is 5.95. The molecule has 8 aromatic rings. The van der Waals surface area contributed by atoms with E-state index in [4.69, 9.17) is 10.8 Å². The lowest BCUT2D eigenvalue weighted by Gasteiger charge is -2.18. The Labute approximate surface area is 397 Å². The second-order valence-electron chi connectivity index (χ2n) is 17.9. The van der Waals surface area contributed by atoms with E-state index in [1.807, 2.05) is 47.6 Å². The zero-order valence-electron chi connectivity index (χ0n) is 40.1. The maximum atomic E-state index is 15.3. The Balaban J connectivity index is 0.000000191. The minimum absolute atomic E-state index is 0.0250. The van der Waals surface area contributed by atoms with Gasteiger partial charge in [0.25, 0.3) is 0 Å². The summed E-state index contributed by atoms with van der Waals surface area (Å²) in [5.74, 6) is -0.651. The monoisotopic (exact) mass is 943 g/mol. The number of carbonyl (C=O) groups excluding carboxylic acids is 1. The summed E-state index contributed by atoms with van der Waals surface area (Å²) in [7, 11) is 3.61. The largest absolute Gasteiger partial charge is 0.478 e. The first kappa shape index (κ1) is 50.3. The third kappa shape index (κ3) is 12.9. The van der Waals surface area contributed by atoms with Crippen molar-refractivity contribution in [1.29, 1.82) is 0 Å². The number of nitrogens with one attached hydrogen (secondary N) is 2. The summed E-state index contributed by atoms with van der Waals surface area (Å²) < 4.78 is 36.5. The summed E-state index contributed by atoms with van der Waals surface area (Å²) in [6, 6.07) is 6.88. The fourth-order valence-electron chi connectivity index (χ4n) is 6.52. The normalized spacial score (nSPS) is 11.3. The van der Waals surface area contributed by atoms with Crippen molar-refractivity contribution in [2.75, 3.05) is 10.6 Å². The number of aromatic carboxylic acids is 1. The van der Waals surface area contributed by atoms with Crippen LogP contribution in [0.25, 0.3) is 22.8 Å². The van der Waals surface area contributed by atoms with Crippen LogP contribution < -0.4 is 16.4 Å². The van der Waals surface area contributed by atoms with Crippen LogP contribution >= 0.6 is 0 Å². The number of anilines is 4. The summed E-state index contributed by atoms with van der Waals surface area (Å²) >= 11 is 0. The molecule has 2 aromatic carbocycles. The van der Waals surface area contributed by atoms with Crippen molar-refractivity contribution >= 4 is 35.0 Å². The molecule has 5 N–H and O–H groups in total. The van der Waals surface area contributed by atoms with Crippen molar-refractivity contribution in [2.24, 2.45) is 19.8 Å². The summed E-state index contributed by atoms with van der Waals surface area (Å²) in [4.78, 5) is 48.1. The summed E-state index contributed by atoms with van der Waals surface area (Å²) in [6.45, 7) is 15.6. The van der Waals surface area contributed by atoms with Crippen molar-refractivity contribution < 1.29 is 23.5 Å². The van der Waals surface area contributed by atoms with Gasteiger partial charge in [0.15, 0.2) is 17.4 Å². The van der Waals surface area contributed by atoms with Gasteiger partial charge < -0.3 is 21.5 Å². The van der Waals surface area contributed by atoms with Gasteiger partial charge in [0, 0.05) is 51.8 Å². The molecule has 0 atom stereocenters. The molecule has 0 bridgehead atoms. The third-order valence-corrected chi connectivity index (χ3v) is 10.5. The smallest absolute Gasteiger partial charge is 0.338 e. The van der Waals surface area contributed by atoms with Crippen molar-refractivity contribution in [1.82, 2.24) is 69.0 Å². The quantitative estimate of drug-likeness (QED) is 0.0866. The standard InChI is InChI=1S/C24H27FN8O.C15H16FN7.C8H12N2O2/c1-15-16(7-9-20(34)17-10-29-33(12-17)24(2,3)4)6-8-19(21(15)25)22-26-14-27-23(31-22)30-18-11-28-32(5)13-18;1-9-10(5-17)3-4-12(13(9)16)14-18-8-19-15(22-14)21-11-6-20-23(2)7-11;1-8(2,3)10-5-6(4-9-10)7(11)12/h6,8,10-14H,7,9H2,1-5H3,(H,26,27,30,31);3-4,6-8H,5,17H2,1-2H3,(H,18,19,21,22);4-5H,1-3H3,(H,11,12). The maximum Gasteiger partial charge on any atom is 0.338 e. The minimum Gasteiger partial charge on any atom is -0.478 e. The van der Waals surface area contributed by atoms with Crippen LogP contribution in [0, 0.1) is 25.5 Å². The number of carboxylic acid groups (broad SMARTS) is 1. The molecule has 20 nitrogen and oxygen atoms in total. The van der Waals surface area contributed by atoms with Gasteiger partial charge in [-0.15, -0.1) is 0 Å². The molecule has 0 aliphatic heterocycles. The molecular formula is C47H55F2N17O3. The molecule has 0 spiro atoms. The Morgan fingerprint density at radius 3 is 1.49 bits per heavy atom. The number of hydrogen-bond acceptors (Lipinski definition) is 15. The Hall–Kier alpha value is -8.14. The van der Waals surface area contributed by atoms with E-state index >= 15 is 4.39 Å². The molecule has 0 saturated heterocycles. The number of ketones is 1. The number of halogens is 2. The number of carbonyl (C=O) groups is 2.